The van der Waals surface area contributed by atoms with Crippen molar-refractivity contribution >= 4 is 27.8 Å². The van der Waals surface area contributed by atoms with Gasteiger partial charge in [0.1, 0.15) is 11.7 Å². The molecule has 5 rings (SSSR count). The molecule has 0 spiro atoms. The van der Waals surface area contributed by atoms with Crippen LogP contribution in [0.3, 0.4) is 0 Å². The van der Waals surface area contributed by atoms with Crippen LogP contribution in [0.15, 0.2) is 43.0 Å². The molecule has 1 atom stereocenters. The molecule has 0 saturated carbocycles. The summed E-state index contributed by atoms with van der Waals surface area (Å²) in [6.45, 7) is 2.67. The Labute approximate surface area is 175 Å². The second-order valence-electron chi connectivity index (χ2n) is 6.87. The summed E-state index contributed by atoms with van der Waals surface area (Å²) < 4.78 is 21.2. The Morgan fingerprint density at radius 2 is 1.90 bits per heavy atom. The number of nitrogens with zero attached hydrogens (tertiary/aromatic N) is 8. The van der Waals surface area contributed by atoms with Crippen molar-refractivity contribution in [2.45, 2.75) is 5.88 Å². The second-order valence-corrected chi connectivity index (χ2v) is 8.28. The second kappa shape index (κ2) is 7.92. The summed E-state index contributed by atoms with van der Waals surface area (Å²) in [6, 6.07) is 5.59. The normalized spacial score (nSPS) is 15.6. The predicted molar refractivity (Wildman–Crippen MR) is 113 cm³/mol. The van der Waals surface area contributed by atoms with Gasteiger partial charge in [0.25, 0.3) is 5.95 Å². The molecule has 0 radical (unpaired) electrons. The van der Waals surface area contributed by atoms with Crippen LogP contribution >= 0.6 is 0 Å². The Balaban J connectivity index is 1.78. The molecule has 4 aromatic heterocycles. The highest BCUT2D eigenvalue weighted by molar-refractivity contribution is 7.83. The minimum Gasteiger partial charge on any atom is -0.378 e. The van der Waals surface area contributed by atoms with Crippen LogP contribution in [-0.4, -0.2) is 71.1 Å². The fraction of sp³-hybridized carbons (Fsp3) is 0.316. The zero-order chi connectivity index (χ0) is 20.5. The third kappa shape index (κ3) is 3.46. The minimum absolute atomic E-state index is 0.270. The van der Waals surface area contributed by atoms with Crippen LogP contribution in [0.2, 0.25) is 0 Å². The first-order chi connectivity index (χ1) is 14.7. The molecule has 0 amide bonds. The lowest BCUT2D eigenvalue weighted by atomic mass is 10.2. The maximum atomic E-state index is 12.2. The lowest BCUT2D eigenvalue weighted by molar-refractivity contribution is 0.122. The molecule has 1 aliphatic heterocycles. The molecule has 30 heavy (non-hydrogen) atoms. The molecule has 1 aliphatic rings. The number of morpholine rings is 1. The van der Waals surface area contributed by atoms with Gasteiger partial charge in [0.2, 0.25) is 0 Å². The van der Waals surface area contributed by atoms with E-state index in [1.165, 1.54) is 0 Å². The summed E-state index contributed by atoms with van der Waals surface area (Å²) in [5, 5.41) is 4.29. The molecule has 154 valence electrons. The van der Waals surface area contributed by atoms with Gasteiger partial charge in [-0.05, 0) is 18.2 Å². The topological polar surface area (TPSA) is 104 Å². The van der Waals surface area contributed by atoms with Gasteiger partial charge >= 0.3 is 0 Å². The predicted octanol–water partition coefficient (Wildman–Crippen LogP) is 1.25. The van der Waals surface area contributed by atoms with Gasteiger partial charge in [-0.1, -0.05) is 0 Å². The number of hydrogen-bond acceptors (Lipinski definition) is 8. The van der Waals surface area contributed by atoms with Crippen LogP contribution in [0.25, 0.3) is 28.5 Å². The highest BCUT2D eigenvalue weighted by atomic mass is 32.2. The molecule has 10 nitrogen and oxygen atoms in total. The van der Waals surface area contributed by atoms with E-state index in [0.29, 0.717) is 49.2 Å². The standard InChI is InChI=1S/C19H20N8O2S/c1-30(28)13-26-16(14-3-6-20-7-4-14)22-15-17(25-9-11-29-12-10-25)23-19(24-18(15)26)27-8-2-5-21-27/h2-8H,9-13H2,1H3. The van der Waals surface area contributed by atoms with E-state index in [2.05, 4.69) is 15.0 Å². The Morgan fingerprint density at radius 3 is 2.60 bits per heavy atom. The van der Waals surface area contributed by atoms with E-state index in [1.54, 1.807) is 35.7 Å². The minimum atomic E-state index is -1.10. The van der Waals surface area contributed by atoms with Gasteiger partial charge in [0, 0.05) is 60.5 Å². The van der Waals surface area contributed by atoms with Gasteiger partial charge < -0.3 is 9.64 Å². The van der Waals surface area contributed by atoms with E-state index >= 15 is 0 Å². The van der Waals surface area contributed by atoms with Crippen molar-refractivity contribution in [3.63, 3.8) is 0 Å². The van der Waals surface area contributed by atoms with Crippen LogP contribution in [0, 0.1) is 0 Å². The highest BCUT2D eigenvalue weighted by Crippen LogP contribution is 2.30. The molecule has 1 fully saturated rings. The lowest BCUT2D eigenvalue weighted by Crippen LogP contribution is -2.37. The van der Waals surface area contributed by atoms with Gasteiger partial charge in [-0.25, -0.2) is 9.67 Å². The lowest BCUT2D eigenvalue weighted by Gasteiger charge is -2.28. The van der Waals surface area contributed by atoms with Crippen LogP contribution in [0.4, 0.5) is 5.82 Å². The van der Waals surface area contributed by atoms with E-state index in [9.17, 15) is 4.21 Å². The van der Waals surface area contributed by atoms with E-state index in [0.717, 1.165) is 11.4 Å². The molecule has 0 aromatic carbocycles. The molecule has 0 aliphatic carbocycles. The number of rotatable bonds is 5. The summed E-state index contributed by atoms with van der Waals surface area (Å²) in [7, 11) is -1.10. The van der Waals surface area contributed by atoms with Crippen molar-refractivity contribution in [2.24, 2.45) is 0 Å². The average Bonchev–Trinajstić information content (AvgIpc) is 3.43. The molecule has 1 saturated heterocycles. The van der Waals surface area contributed by atoms with Crippen LogP contribution < -0.4 is 4.90 Å². The Bertz CT molecular complexity index is 1190. The van der Waals surface area contributed by atoms with Crippen molar-refractivity contribution in [2.75, 3.05) is 37.5 Å². The molecule has 0 bridgehead atoms. The number of anilines is 1. The molecule has 1 unspecified atom stereocenters. The van der Waals surface area contributed by atoms with Crippen LogP contribution in [-0.2, 0) is 21.4 Å². The number of aromatic nitrogens is 7. The summed E-state index contributed by atoms with van der Waals surface area (Å²) in [5.74, 6) is 2.12. The fourth-order valence-corrected chi connectivity index (χ4v) is 4.09. The first kappa shape index (κ1) is 18.8. The van der Waals surface area contributed by atoms with Gasteiger partial charge in [-0.2, -0.15) is 15.1 Å². The molecule has 5 heterocycles. The molecule has 11 heteroatoms. The quantitative estimate of drug-likeness (QED) is 0.471. The number of hydrogen-bond donors (Lipinski definition) is 0. The molecular formula is C19H20N8O2S. The zero-order valence-electron chi connectivity index (χ0n) is 16.4. The van der Waals surface area contributed by atoms with Crippen molar-refractivity contribution in [1.82, 2.24) is 34.3 Å². The number of fused-ring (bicyclic) bond motifs is 1. The van der Waals surface area contributed by atoms with E-state index in [1.807, 2.05) is 22.8 Å². The Kier molecular flexibility index (Phi) is 4.97. The van der Waals surface area contributed by atoms with Crippen molar-refractivity contribution in [3.8, 4) is 17.3 Å². The number of ether oxygens (including phenoxy) is 1. The third-order valence-corrected chi connectivity index (χ3v) is 5.46. The monoisotopic (exact) mass is 424 g/mol. The number of imidazole rings is 1. The first-order valence-electron chi connectivity index (χ1n) is 9.52. The highest BCUT2D eigenvalue weighted by Gasteiger charge is 2.24. The average molecular weight is 424 g/mol. The van der Waals surface area contributed by atoms with Gasteiger partial charge in [0.05, 0.1) is 13.2 Å². The molecule has 0 N–H and O–H groups in total. The zero-order valence-corrected chi connectivity index (χ0v) is 17.2. The largest absolute Gasteiger partial charge is 0.378 e. The third-order valence-electron chi connectivity index (χ3n) is 4.83. The first-order valence-corrected chi connectivity index (χ1v) is 11.2. The Hall–Kier alpha value is -3.18. The van der Waals surface area contributed by atoms with Crippen molar-refractivity contribution < 1.29 is 8.95 Å². The summed E-state index contributed by atoms with van der Waals surface area (Å²) in [6.07, 6.45) is 8.58. The van der Waals surface area contributed by atoms with Gasteiger partial charge in [-0.3, -0.25) is 13.8 Å². The van der Waals surface area contributed by atoms with Crippen LogP contribution in [0.1, 0.15) is 0 Å². The van der Waals surface area contributed by atoms with Crippen molar-refractivity contribution in [3.05, 3.63) is 43.0 Å². The van der Waals surface area contributed by atoms with E-state index < -0.39 is 10.8 Å². The van der Waals surface area contributed by atoms with Gasteiger partial charge in [0.15, 0.2) is 17.0 Å². The summed E-state index contributed by atoms with van der Waals surface area (Å²) in [5.41, 5.74) is 2.17. The van der Waals surface area contributed by atoms with E-state index in [4.69, 9.17) is 19.7 Å². The fourth-order valence-electron chi connectivity index (χ4n) is 3.49. The number of pyridine rings is 1. The maximum absolute atomic E-state index is 12.2. The maximum Gasteiger partial charge on any atom is 0.254 e. The van der Waals surface area contributed by atoms with Crippen molar-refractivity contribution in [1.29, 1.82) is 0 Å². The Morgan fingerprint density at radius 1 is 1.10 bits per heavy atom. The van der Waals surface area contributed by atoms with Gasteiger partial charge in [-0.15, -0.1) is 0 Å². The molecular weight excluding hydrogens is 404 g/mol. The summed E-state index contributed by atoms with van der Waals surface area (Å²) in [4.78, 5) is 20.7. The summed E-state index contributed by atoms with van der Waals surface area (Å²) >= 11 is 0. The smallest absolute Gasteiger partial charge is 0.254 e. The van der Waals surface area contributed by atoms with Crippen LogP contribution in [0.5, 0.6) is 0 Å². The van der Waals surface area contributed by atoms with E-state index in [-0.39, 0.29) is 5.88 Å². The molecule has 4 aromatic rings. The SMILES string of the molecule is CS(=O)Cn1c(-c2ccncc2)nc2c(N3CCOCC3)nc(-n3cccn3)nc21.